The van der Waals surface area contributed by atoms with Gasteiger partial charge in [0.25, 0.3) is 0 Å². The molecule has 0 N–H and O–H groups in total. The molecule has 0 saturated heterocycles. The first-order valence-electron chi connectivity index (χ1n) is 9.77. The van der Waals surface area contributed by atoms with Crippen molar-refractivity contribution in [2.75, 3.05) is 21.3 Å². The van der Waals surface area contributed by atoms with Crippen molar-refractivity contribution in [3.8, 4) is 17.2 Å². The predicted octanol–water partition coefficient (Wildman–Crippen LogP) is 7.07. The molecule has 0 unspecified atom stereocenters. The molecule has 166 valence electrons. The summed E-state index contributed by atoms with van der Waals surface area (Å²) in [5.74, 6) is 1.24. The fourth-order valence-electron chi connectivity index (χ4n) is 3.11. The number of halogens is 3. The summed E-state index contributed by atoms with van der Waals surface area (Å²) in [6.07, 6.45) is 2.77. The van der Waals surface area contributed by atoms with Crippen LogP contribution in [0.4, 0.5) is 13.2 Å². The summed E-state index contributed by atoms with van der Waals surface area (Å²) in [5, 5.41) is 0. The van der Waals surface area contributed by atoms with Crippen LogP contribution in [0.3, 0.4) is 0 Å². The van der Waals surface area contributed by atoms with Gasteiger partial charge in [-0.15, -0.1) is 0 Å². The van der Waals surface area contributed by atoms with Gasteiger partial charge in [-0.1, -0.05) is 54.6 Å². The van der Waals surface area contributed by atoms with Crippen molar-refractivity contribution in [2.24, 2.45) is 0 Å². The third-order valence-corrected chi connectivity index (χ3v) is 4.83. The third-order valence-electron chi connectivity index (χ3n) is 4.83. The molecule has 3 rings (SSSR count). The minimum Gasteiger partial charge on any atom is -0.497 e. The minimum absolute atomic E-state index is 0.204. The molecule has 0 aromatic heterocycles. The maximum absolute atomic E-state index is 13.2. The van der Waals surface area contributed by atoms with E-state index < -0.39 is 11.7 Å². The molecule has 6 heteroatoms. The molecule has 0 saturated carbocycles. The summed E-state index contributed by atoms with van der Waals surface area (Å²) in [6.45, 7) is 0. The Labute approximate surface area is 185 Å². The van der Waals surface area contributed by atoms with Crippen LogP contribution < -0.4 is 14.2 Å². The van der Waals surface area contributed by atoms with Gasteiger partial charge in [0.15, 0.2) is 0 Å². The van der Waals surface area contributed by atoms with Gasteiger partial charge in [-0.05, 0) is 47.0 Å². The zero-order chi connectivity index (χ0) is 23.1. The van der Waals surface area contributed by atoms with Crippen molar-refractivity contribution in [3.63, 3.8) is 0 Å². The van der Waals surface area contributed by atoms with Crippen LogP contribution in [0, 0.1) is 0 Å². The van der Waals surface area contributed by atoms with E-state index in [4.69, 9.17) is 14.2 Å². The number of methoxy groups -OCH3 is 3. The molecular formula is C26H23F3O3. The second kappa shape index (κ2) is 10.1. The largest absolute Gasteiger partial charge is 0.497 e. The van der Waals surface area contributed by atoms with Crippen LogP contribution in [-0.4, -0.2) is 21.3 Å². The fraction of sp³-hybridized carbons (Fsp3) is 0.154. The van der Waals surface area contributed by atoms with Gasteiger partial charge in [-0.2, -0.15) is 13.2 Å². The first kappa shape index (κ1) is 23.0. The van der Waals surface area contributed by atoms with Crippen LogP contribution in [-0.2, 0) is 6.18 Å². The first-order valence-corrected chi connectivity index (χ1v) is 9.77. The molecule has 3 aromatic carbocycles. The number of hydrogen-bond donors (Lipinski definition) is 0. The Hall–Kier alpha value is -3.67. The number of ether oxygens (including phenoxy) is 3. The van der Waals surface area contributed by atoms with Crippen LogP contribution in [0.5, 0.6) is 17.2 Å². The Balaban J connectivity index is 1.81. The van der Waals surface area contributed by atoms with E-state index >= 15 is 0 Å². The van der Waals surface area contributed by atoms with Gasteiger partial charge >= 0.3 is 6.18 Å². The lowest BCUT2D eigenvalue weighted by Gasteiger charge is -2.12. The molecule has 0 radical (unpaired) electrons. The molecule has 0 aliphatic heterocycles. The minimum atomic E-state index is -4.49. The van der Waals surface area contributed by atoms with Crippen LogP contribution in [0.15, 0.2) is 60.7 Å². The van der Waals surface area contributed by atoms with Gasteiger partial charge in [-0.25, -0.2) is 0 Å². The highest BCUT2D eigenvalue weighted by atomic mass is 19.4. The van der Waals surface area contributed by atoms with Crippen LogP contribution in [0.25, 0.3) is 24.3 Å². The molecule has 0 atom stereocenters. The van der Waals surface area contributed by atoms with Crippen LogP contribution in [0.1, 0.15) is 27.8 Å². The second-order valence-corrected chi connectivity index (χ2v) is 6.90. The summed E-state index contributed by atoms with van der Waals surface area (Å²) in [6, 6.07) is 17.2. The Morgan fingerprint density at radius 3 is 1.75 bits per heavy atom. The molecule has 3 aromatic rings. The molecule has 0 bridgehead atoms. The summed E-state index contributed by atoms with van der Waals surface area (Å²) in [5.41, 5.74) is 2.30. The average molecular weight is 440 g/mol. The molecule has 0 heterocycles. The number of alkyl halides is 3. The lowest BCUT2D eigenvalue weighted by Crippen LogP contribution is -2.07. The van der Waals surface area contributed by atoms with Crippen molar-refractivity contribution in [1.82, 2.24) is 0 Å². The zero-order valence-electron chi connectivity index (χ0n) is 17.9. The van der Waals surface area contributed by atoms with Crippen LogP contribution >= 0.6 is 0 Å². The van der Waals surface area contributed by atoms with E-state index in [9.17, 15) is 13.2 Å². The van der Waals surface area contributed by atoms with Gasteiger partial charge in [0.2, 0.25) is 0 Å². The zero-order valence-corrected chi connectivity index (χ0v) is 17.9. The fourth-order valence-corrected chi connectivity index (χ4v) is 3.11. The maximum Gasteiger partial charge on any atom is 0.419 e. The Bertz CT molecular complexity index is 1110. The van der Waals surface area contributed by atoms with Crippen molar-refractivity contribution >= 4 is 24.3 Å². The highest BCUT2D eigenvalue weighted by Crippen LogP contribution is 2.37. The third kappa shape index (κ3) is 5.72. The van der Waals surface area contributed by atoms with E-state index in [-0.39, 0.29) is 5.75 Å². The summed E-state index contributed by atoms with van der Waals surface area (Å²) < 4.78 is 55.1. The van der Waals surface area contributed by atoms with Gasteiger partial charge in [0.1, 0.15) is 17.2 Å². The predicted molar refractivity (Wildman–Crippen MR) is 122 cm³/mol. The molecule has 0 spiro atoms. The SMILES string of the molecule is COc1ccc(/C=C/c2ccc(/C=C/c3ccc(OC)c(C(F)(F)F)c3)cc2OC)cc1. The van der Waals surface area contributed by atoms with Crippen molar-refractivity contribution in [1.29, 1.82) is 0 Å². The van der Waals surface area contributed by atoms with E-state index in [1.807, 2.05) is 54.6 Å². The summed E-state index contributed by atoms with van der Waals surface area (Å²) in [7, 11) is 4.42. The van der Waals surface area contributed by atoms with E-state index in [0.717, 1.165) is 28.5 Å². The standard InChI is InChI=1S/C26H23F3O3/c1-30-22-13-8-18(9-14-22)6-11-21-12-7-20(17-25(21)32-3)5-4-19-10-15-24(31-2)23(16-19)26(27,28)29/h4-17H,1-3H3/b5-4+,11-6+. The maximum atomic E-state index is 13.2. The monoisotopic (exact) mass is 440 g/mol. The summed E-state index contributed by atoms with van der Waals surface area (Å²) >= 11 is 0. The smallest absolute Gasteiger partial charge is 0.419 e. The van der Waals surface area contributed by atoms with Gasteiger partial charge in [-0.3, -0.25) is 0 Å². The summed E-state index contributed by atoms with van der Waals surface area (Å²) in [4.78, 5) is 0. The highest BCUT2D eigenvalue weighted by molar-refractivity contribution is 5.76. The lowest BCUT2D eigenvalue weighted by molar-refractivity contribution is -0.138. The first-order chi connectivity index (χ1) is 15.3. The van der Waals surface area contributed by atoms with E-state index in [0.29, 0.717) is 11.3 Å². The normalized spacial score (nSPS) is 11.8. The quantitative estimate of drug-likeness (QED) is 0.368. The van der Waals surface area contributed by atoms with E-state index in [1.54, 1.807) is 32.4 Å². The van der Waals surface area contributed by atoms with E-state index in [2.05, 4.69) is 0 Å². The van der Waals surface area contributed by atoms with Gasteiger partial charge < -0.3 is 14.2 Å². The Kier molecular flexibility index (Phi) is 7.25. The molecule has 32 heavy (non-hydrogen) atoms. The average Bonchev–Trinajstić information content (AvgIpc) is 2.81. The number of rotatable bonds is 7. The molecule has 0 amide bonds. The Morgan fingerprint density at radius 1 is 0.594 bits per heavy atom. The van der Waals surface area contributed by atoms with Gasteiger partial charge in [0, 0.05) is 5.56 Å². The molecule has 0 fully saturated rings. The van der Waals surface area contributed by atoms with Crippen LogP contribution in [0.2, 0.25) is 0 Å². The van der Waals surface area contributed by atoms with Crippen molar-refractivity contribution in [3.05, 3.63) is 88.5 Å². The Morgan fingerprint density at radius 2 is 1.16 bits per heavy atom. The molecular weight excluding hydrogens is 417 g/mol. The number of hydrogen-bond acceptors (Lipinski definition) is 3. The topological polar surface area (TPSA) is 27.7 Å². The lowest BCUT2D eigenvalue weighted by atomic mass is 10.1. The molecule has 0 aliphatic carbocycles. The molecule has 0 aliphatic rings. The number of benzene rings is 3. The highest BCUT2D eigenvalue weighted by Gasteiger charge is 2.34. The molecule has 3 nitrogen and oxygen atoms in total. The van der Waals surface area contributed by atoms with Crippen molar-refractivity contribution in [2.45, 2.75) is 6.18 Å². The van der Waals surface area contributed by atoms with E-state index in [1.165, 1.54) is 13.2 Å². The second-order valence-electron chi connectivity index (χ2n) is 6.90. The van der Waals surface area contributed by atoms with Crippen molar-refractivity contribution < 1.29 is 27.4 Å². The van der Waals surface area contributed by atoms with Gasteiger partial charge in [0.05, 0.1) is 26.9 Å².